The molecule has 1 heteroatoms. The predicted molar refractivity (Wildman–Crippen MR) is 62.5 cm³/mol. The lowest BCUT2D eigenvalue weighted by atomic mass is 9.43. The van der Waals surface area contributed by atoms with Crippen LogP contribution in [0.1, 0.15) is 40.5 Å². The van der Waals surface area contributed by atoms with E-state index in [1.807, 2.05) is 6.92 Å². The summed E-state index contributed by atoms with van der Waals surface area (Å²) in [5.41, 5.74) is 1.46. The summed E-state index contributed by atoms with van der Waals surface area (Å²) in [6.07, 6.45) is 5.89. The van der Waals surface area contributed by atoms with Crippen LogP contribution in [0.2, 0.25) is 0 Å². The van der Waals surface area contributed by atoms with E-state index in [1.54, 1.807) is 0 Å². The van der Waals surface area contributed by atoms with Gasteiger partial charge in [0.05, 0.1) is 0 Å². The monoisotopic (exact) mass is 206 g/mol. The first-order valence-corrected chi connectivity index (χ1v) is 6.10. The highest BCUT2D eigenvalue weighted by Gasteiger charge is 2.55. The van der Waals surface area contributed by atoms with E-state index < -0.39 is 0 Å². The van der Waals surface area contributed by atoms with E-state index >= 15 is 0 Å². The molecule has 0 aromatic carbocycles. The molecule has 15 heavy (non-hydrogen) atoms. The first kappa shape index (κ1) is 10.9. The van der Waals surface area contributed by atoms with Gasteiger partial charge in [-0.25, -0.2) is 0 Å². The van der Waals surface area contributed by atoms with Gasteiger partial charge >= 0.3 is 0 Å². The van der Waals surface area contributed by atoms with Crippen LogP contribution >= 0.6 is 0 Å². The van der Waals surface area contributed by atoms with Crippen LogP contribution in [-0.4, -0.2) is 6.29 Å². The number of hydrogen-bond donors (Lipinski definition) is 0. The lowest BCUT2D eigenvalue weighted by Gasteiger charge is -2.61. The zero-order valence-electron chi connectivity index (χ0n) is 10.3. The number of carbonyl (C=O) groups is 1. The quantitative estimate of drug-likeness (QED) is 0.499. The summed E-state index contributed by atoms with van der Waals surface area (Å²) in [6, 6.07) is 0. The number of carbonyl (C=O) groups excluding carboxylic acids is 1. The van der Waals surface area contributed by atoms with E-state index in [9.17, 15) is 4.79 Å². The summed E-state index contributed by atoms with van der Waals surface area (Å²) < 4.78 is 0. The number of hydrogen-bond acceptors (Lipinski definition) is 1. The summed E-state index contributed by atoms with van der Waals surface area (Å²) in [6.45, 7) is 9.11. The van der Waals surface area contributed by atoms with Crippen LogP contribution in [0.4, 0.5) is 0 Å². The van der Waals surface area contributed by atoms with E-state index in [1.165, 1.54) is 12.8 Å². The molecule has 3 saturated carbocycles. The van der Waals surface area contributed by atoms with Crippen LogP contribution in [-0.2, 0) is 4.79 Å². The lowest BCUT2D eigenvalue weighted by Crippen LogP contribution is -2.54. The number of allylic oxidation sites excluding steroid dienone is 2. The Kier molecular flexibility index (Phi) is 2.52. The highest BCUT2D eigenvalue weighted by Crippen LogP contribution is 2.63. The summed E-state index contributed by atoms with van der Waals surface area (Å²) in [4.78, 5) is 10.6. The molecule has 3 aliphatic carbocycles. The third-order valence-electron chi connectivity index (χ3n) is 5.08. The standard InChI is InChI=1S/C14H22O/c1-9(8-15)5-11-6-12-7-13(10(11)2)14(12,3)4/h5,8,10-13H,6-7H2,1-4H3/t10-,11+,12+,13+/m1/s1. The van der Waals surface area contributed by atoms with Crippen LogP contribution in [0.5, 0.6) is 0 Å². The third kappa shape index (κ3) is 1.56. The molecule has 4 atom stereocenters. The summed E-state index contributed by atoms with van der Waals surface area (Å²) >= 11 is 0. The number of fused-ring (bicyclic) bond motifs is 2. The zero-order chi connectivity index (χ0) is 11.2. The Hall–Kier alpha value is -0.590. The molecule has 2 bridgehead atoms. The Balaban J connectivity index is 2.12. The van der Waals surface area contributed by atoms with Gasteiger partial charge in [0.2, 0.25) is 0 Å². The van der Waals surface area contributed by atoms with Gasteiger partial charge in [-0.05, 0) is 54.4 Å². The Morgan fingerprint density at radius 3 is 2.47 bits per heavy atom. The molecule has 3 fully saturated rings. The fourth-order valence-corrected chi connectivity index (χ4v) is 3.79. The topological polar surface area (TPSA) is 17.1 Å². The van der Waals surface area contributed by atoms with Crippen molar-refractivity contribution in [3.8, 4) is 0 Å². The van der Waals surface area contributed by atoms with Gasteiger partial charge in [-0.2, -0.15) is 0 Å². The normalized spacial score (nSPS) is 43.3. The third-order valence-corrected chi connectivity index (χ3v) is 5.08. The van der Waals surface area contributed by atoms with Gasteiger partial charge in [0.1, 0.15) is 6.29 Å². The average Bonchev–Trinajstić information content (AvgIpc) is 2.19. The van der Waals surface area contributed by atoms with Gasteiger partial charge < -0.3 is 0 Å². The van der Waals surface area contributed by atoms with Crippen molar-refractivity contribution >= 4 is 6.29 Å². The van der Waals surface area contributed by atoms with E-state index in [0.29, 0.717) is 11.3 Å². The summed E-state index contributed by atoms with van der Waals surface area (Å²) in [5, 5.41) is 0. The molecule has 0 heterocycles. The molecule has 0 spiro atoms. The second-order valence-electron chi connectivity index (χ2n) is 6.15. The van der Waals surface area contributed by atoms with Crippen molar-refractivity contribution in [1.29, 1.82) is 0 Å². The van der Waals surface area contributed by atoms with Crippen LogP contribution in [0, 0.1) is 29.1 Å². The zero-order valence-corrected chi connectivity index (χ0v) is 10.3. The second kappa shape index (κ2) is 3.47. The summed E-state index contributed by atoms with van der Waals surface area (Å²) in [5.74, 6) is 3.16. The first-order valence-electron chi connectivity index (χ1n) is 6.10. The predicted octanol–water partition coefficient (Wildman–Crippen LogP) is 3.45. The Labute approximate surface area is 92.9 Å². The molecule has 0 radical (unpaired) electrons. The molecule has 0 amide bonds. The van der Waals surface area contributed by atoms with E-state index in [4.69, 9.17) is 0 Å². The van der Waals surface area contributed by atoms with Crippen LogP contribution in [0.15, 0.2) is 11.6 Å². The van der Waals surface area contributed by atoms with Gasteiger partial charge in [-0.15, -0.1) is 0 Å². The van der Waals surface area contributed by atoms with Crippen molar-refractivity contribution in [2.75, 3.05) is 0 Å². The SMILES string of the molecule is CC(C=O)=C[C@H]1C[C@H]2C[C@@H]([C@@H]1C)C2(C)C. The molecule has 0 aromatic rings. The fraction of sp³-hybridized carbons (Fsp3) is 0.786. The van der Waals surface area contributed by atoms with Crippen LogP contribution in [0.25, 0.3) is 0 Å². The lowest BCUT2D eigenvalue weighted by molar-refractivity contribution is -0.118. The minimum atomic E-state index is 0.554. The molecule has 0 N–H and O–H groups in total. The summed E-state index contributed by atoms with van der Waals surface area (Å²) in [7, 11) is 0. The highest BCUT2D eigenvalue weighted by molar-refractivity contribution is 5.72. The van der Waals surface area contributed by atoms with Crippen LogP contribution in [0.3, 0.4) is 0 Å². The van der Waals surface area contributed by atoms with Crippen molar-refractivity contribution in [3.05, 3.63) is 11.6 Å². The van der Waals surface area contributed by atoms with E-state index in [0.717, 1.165) is 29.6 Å². The maximum atomic E-state index is 10.6. The molecule has 0 saturated heterocycles. The van der Waals surface area contributed by atoms with Crippen molar-refractivity contribution in [2.45, 2.75) is 40.5 Å². The Morgan fingerprint density at radius 2 is 2.00 bits per heavy atom. The minimum Gasteiger partial charge on any atom is -0.298 e. The van der Waals surface area contributed by atoms with Gasteiger partial charge in [-0.3, -0.25) is 4.79 Å². The van der Waals surface area contributed by atoms with E-state index in [-0.39, 0.29) is 0 Å². The molecule has 0 aliphatic heterocycles. The van der Waals surface area contributed by atoms with Crippen molar-refractivity contribution in [3.63, 3.8) is 0 Å². The maximum Gasteiger partial charge on any atom is 0.145 e. The molecule has 1 nitrogen and oxygen atoms in total. The van der Waals surface area contributed by atoms with Crippen molar-refractivity contribution < 1.29 is 4.79 Å². The molecule has 3 aliphatic rings. The minimum absolute atomic E-state index is 0.554. The molecule has 0 unspecified atom stereocenters. The molecular formula is C14H22O. The highest BCUT2D eigenvalue weighted by atomic mass is 16.1. The molecule has 84 valence electrons. The number of aldehydes is 1. The fourth-order valence-electron chi connectivity index (χ4n) is 3.79. The second-order valence-corrected chi connectivity index (χ2v) is 6.15. The largest absolute Gasteiger partial charge is 0.298 e. The van der Waals surface area contributed by atoms with Crippen molar-refractivity contribution in [2.24, 2.45) is 29.1 Å². The first-order chi connectivity index (χ1) is 6.96. The average molecular weight is 206 g/mol. The van der Waals surface area contributed by atoms with Crippen LogP contribution < -0.4 is 0 Å². The van der Waals surface area contributed by atoms with Gasteiger partial charge in [0.25, 0.3) is 0 Å². The molecular weight excluding hydrogens is 184 g/mol. The Morgan fingerprint density at radius 1 is 1.33 bits per heavy atom. The smallest absolute Gasteiger partial charge is 0.145 e. The Bertz CT molecular complexity index is 300. The van der Waals surface area contributed by atoms with Gasteiger partial charge in [-0.1, -0.05) is 26.8 Å². The molecule has 3 rings (SSSR count). The van der Waals surface area contributed by atoms with Gasteiger partial charge in [0, 0.05) is 0 Å². The van der Waals surface area contributed by atoms with Gasteiger partial charge in [0.15, 0.2) is 0 Å². The van der Waals surface area contributed by atoms with E-state index in [2.05, 4.69) is 26.8 Å². The van der Waals surface area contributed by atoms with Crippen molar-refractivity contribution in [1.82, 2.24) is 0 Å². The maximum absolute atomic E-state index is 10.6. The number of rotatable bonds is 2. The molecule has 0 aromatic heterocycles.